The van der Waals surface area contributed by atoms with E-state index < -0.39 is 5.97 Å². The standard InChI is InChI=1S/C15H21NO2/c1-11-9-12(10-15(17)18)7-8-14(11)16-13-5-3-2-4-6-13/h7-9,13,16H,2-6,10H2,1H3,(H,17,18). The van der Waals surface area contributed by atoms with Crippen LogP contribution in [0.4, 0.5) is 5.69 Å². The molecule has 18 heavy (non-hydrogen) atoms. The first kappa shape index (κ1) is 12.9. The predicted octanol–water partition coefficient (Wildman–Crippen LogP) is 3.37. The number of aliphatic carboxylic acids is 1. The van der Waals surface area contributed by atoms with E-state index in [0.717, 1.165) is 16.8 Å². The number of aryl methyl sites for hydroxylation is 1. The number of carbonyl (C=O) groups is 1. The molecule has 0 heterocycles. The maximum Gasteiger partial charge on any atom is 0.307 e. The first-order valence-electron chi connectivity index (χ1n) is 6.73. The van der Waals surface area contributed by atoms with E-state index in [1.54, 1.807) is 0 Å². The van der Waals surface area contributed by atoms with Crippen LogP contribution in [0.5, 0.6) is 0 Å². The second kappa shape index (κ2) is 5.89. The summed E-state index contributed by atoms with van der Waals surface area (Å²) >= 11 is 0. The highest BCUT2D eigenvalue weighted by Gasteiger charge is 2.13. The third-order valence-electron chi connectivity index (χ3n) is 3.61. The highest BCUT2D eigenvalue weighted by atomic mass is 16.4. The Hall–Kier alpha value is -1.51. The average molecular weight is 247 g/mol. The highest BCUT2D eigenvalue weighted by molar-refractivity contribution is 5.70. The van der Waals surface area contributed by atoms with Crippen molar-refractivity contribution in [3.8, 4) is 0 Å². The van der Waals surface area contributed by atoms with E-state index in [-0.39, 0.29) is 6.42 Å². The molecule has 3 heteroatoms. The van der Waals surface area contributed by atoms with E-state index in [1.165, 1.54) is 32.1 Å². The van der Waals surface area contributed by atoms with Gasteiger partial charge >= 0.3 is 5.97 Å². The van der Waals surface area contributed by atoms with Crippen LogP contribution < -0.4 is 5.32 Å². The third-order valence-corrected chi connectivity index (χ3v) is 3.61. The third kappa shape index (κ3) is 3.49. The van der Waals surface area contributed by atoms with Gasteiger partial charge in [0.25, 0.3) is 0 Å². The molecule has 0 unspecified atom stereocenters. The molecule has 0 atom stereocenters. The monoisotopic (exact) mass is 247 g/mol. The van der Waals surface area contributed by atoms with Gasteiger partial charge in [0.2, 0.25) is 0 Å². The van der Waals surface area contributed by atoms with Gasteiger partial charge in [0, 0.05) is 11.7 Å². The summed E-state index contributed by atoms with van der Waals surface area (Å²) in [6, 6.07) is 6.48. The Bertz CT molecular complexity index is 423. The van der Waals surface area contributed by atoms with E-state index in [0.29, 0.717) is 6.04 Å². The number of benzene rings is 1. The van der Waals surface area contributed by atoms with Crippen molar-refractivity contribution < 1.29 is 9.90 Å². The topological polar surface area (TPSA) is 49.3 Å². The number of carboxylic acids is 1. The van der Waals surface area contributed by atoms with Crippen molar-refractivity contribution in [1.29, 1.82) is 0 Å². The van der Waals surface area contributed by atoms with Gasteiger partial charge < -0.3 is 10.4 Å². The van der Waals surface area contributed by atoms with Crippen molar-refractivity contribution in [3.63, 3.8) is 0 Å². The first-order chi connectivity index (χ1) is 8.65. The van der Waals surface area contributed by atoms with Gasteiger partial charge in [0.15, 0.2) is 0 Å². The van der Waals surface area contributed by atoms with Gasteiger partial charge in [0.1, 0.15) is 0 Å². The minimum absolute atomic E-state index is 0.102. The summed E-state index contributed by atoms with van der Waals surface area (Å²) in [6.07, 6.45) is 6.58. The number of hydrogen-bond acceptors (Lipinski definition) is 2. The summed E-state index contributed by atoms with van der Waals surface area (Å²) in [7, 11) is 0. The second-order valence-corrected chi connectivity index (χ2v) is 5.20. The maximum absolute atomic E-state index is 10.7. The van der Waals surface area contributed by atoms with Gasteiger partial charge in [-0.3, -0.25) is 4.79 Å². The molecule has 1 aliphatic rings. The van der Waals surface area contributed by atoms with Crippen LogP contribution in [-0.2, 0) is 11.2 Å². The Kier molecular flexibility index (Phi) is 4.24. The molecule has 1 aromatic carbocycles. The SMILES string of the molecule is Cc1cc(CC(=O)O)ccc1NC1CCCCC1. The zero-order valence-electron chi connectivity index (χ0n) is 10.9. The van der Waals surface area contributed by atoms with Crippen molar-refractivity contribution in [1.82, 2.24) is 0 Å². The normalized spacial score (nSPS) is 16.5. The van der Waals surface area contributed by atoms with Crippen molar-refractivity contribution in [2.75, 3.05) is 5.32 Å². The molecule has 0 bridgehead atoms. The van der Waals surface area contributed by atoms with Crippen LogP contribution >= 0.6 is 0 Å². The van der Waals surface area contributed by atoms with Gasteiger partial charge in [-0.25, -0.2) is 0 Å². The number of hydrogen-bond donors (Lipinski definition) is 2. The minimum Gasteiger partial charge on any atom is -0.481 e. The van der Waals surface area contributed by atoms with E-state index >= 15 is 0 Å². The Labute approximate surface area is 108 Å². The molecule has 0 aromatic heterocycles. The molecule has 0 spiro atoms. The summed E-state index contributed by atoms with van der Waals surface area (Å²) in [6.45, 7) is 2.04. The Morgan fingerprint density at radius 1 is 1.33 bits per heavy atom. The fraction of sp³-hybridized carbons (Fsp3) is 0.533. The smallest absolute Gasteiger partial charge is 0.307 e. The Balaban J connectivity index is 2.02. The van der Waals surface area contributed by atoms with Crippen LogP contribution in [0.1, 0.15) is 43.2 Å². The zero-order valence-corrected chi connectivity index (χ0v) is 10.9. The molecular formula is C15H21NO2. The molecule has 1 fully saturated rings. The van der Waals surface area contributed by atoms with E-state index in [1.807, 2.05) is 25.1 Å². The fourth-order valence-electron chi connectivity index (χ4n) is 2.64. The summed E-state index contributed by atoms with van der Waals surface area (Å²) in [5.41, 5.74) is 3.16. The molecular weight excluding hydrogens is 226 g/mol. The van der Waals surface area contributed by atoms with Gasteiger partial charge in [-0.2, -0.15) is 0 Å². The molecule has 1 saturated carbocycles. The summed E-state index contributed by atoms with van der Waals surface area (Å²) < 4.78 is 0. The summed E-state index contributed by atoms with van der Waals surface area (Å²) in [5.74, 6) is -0.776. The van der Waals surface area contributed by atoms with Crippen molar-refractivity contribution in [2.45, 2.75) is 51.5 Å². The van der Waals surface area contributed by atoms with Gasteiger partial charge in [-0.05, 0) is 37.0 Å². The highest BCUT2D eigenvalue weighted by Crippen LogP contribution is 2.24. The Morgan fingerprint density at radius 3 is 2.67 bits per heavy atom. The number of carboxylic acid groups (broad SMARTS) is 1. The van der Waals surface area contributed by atoms with Crippen LogP contribution in [0.2, 0.25) is 0 Å². The molecule has 3 nitrogen and oxygen atoms in total. The maximum atomic E-state index is 10.7. The van der Waals surface area contributed by atoms with Gasteiger partial charge in [0.05, 0.1) is 6.42 Å². The Morgan fingerprint density at radius 2 is 2.06 bits per heavy atom. The van der Waals surface area contributed by atoms with Crippen LogP contribution in [0, 0.1) is 6.92 Å². The van der Waals surface area contributed by atoms with Crippen molar-refractivity contribution in [3.05, 3.63) is 29.3 Å². The predicted molar refractivity (Wildman–Crippen MR) is 73.0 cm³/mol. The van der Waals surface area contributed by atoms with Crippen LogP contribution in [0.15, 0.2) is 18.2 Å². The van der Waals surface area contributed by atoms with Crippen LogP contribution in [0.25, 0.3) is 0 Å². The summed E-state index contributed by atoms with van der Waals surface area (Å²) in [5, 5.41) is 12.4. The molecule has 1 aliphatic carbocycles. The van der Waals surface area contributed by atoms with E-state index in [4.69, 9.17) is 5.11 Å². The first-order valence-corrected chi connectivity index (χ1v) is 6.73. The number of anilines is 1. The molecule has 2 N–H and O–H groups in total. The fourth-order valence-corrected chi connectivity index (χ4v) is 2.64. The lowest BCUT2D eigenvalue weighted by atomic mass is 9.95. The van der Waals surface area contributed by atoms with Gasteiger partial charge in [-0.1, -0.05) is 31.4 Å². The van der Waals surface area contributed by atoms with Crippen molar-refractivity contribution in [2.24, 2.45) is 0 Å². The molecule has 98 valence electrons. The lowest BCUT2D eigenvalue weighted by Crippen LogP contribution is -2.22. The molecule has 0 saturated heterocycles. The largest absolute Gasteiger partial charge is 0.481 e. The minimum atomic E-state index is -0.776. The van der Waals surface area contributed by atoms with E-state index in [9.17, 15) is 4.79 Å². The zero-order chi connectivity index (χ0) is 13.0. The lowest BCUT2D eigenvalue weighted by molar-refractivity contribution is -0.136. The summed E-state index contributed by atoms with van der Waals surface area (Å²) in [4.78, 5) is 10.7. The van der Waals surface area contributed by atoms with Crippen LogP contribution in [0.3, 0.4) is 0 Å². The molecule has 0 radical (unpaired) electrons. The number of rotatable bonds is 4. The quantitative estimate of drug-likeness (QED) is 0.857. The van der Waals surface area contributed by atoms with Crippen LogP contribution in [-0.4, -0.2) is 17.1 Å². The molecule has 1 aromatic rings. The number of nitrogens with one attached hydrogen (secondary N) is 1. The average Bonchev–Trinajstić information content (AvgIpc) is 2.33. The van der Waals surface area contributed by atoms with Crippen molar-refractivity contribution >= 4 is 11.7 Å². The molecule has 2 rings (SSSR count). The lowest BCUT2D eigenvalue weighted by Gasteiger charge is -2.25. The van der Waals surface area contributed by atoms with E-state index in [2.05, 4.69) is 5.32 Å². The molecule has 0 amide bonds. The molecule has 0 aliphatic heterocycles. The van der Waals surface area contributed by atoms with Gasteiger partial charge in [-0.15, -0.1) is 0 Å². The second-order valence-electron chi connectivity index (χ2n) is 5.20.